The minimum Gasteiger partial charge on any atom is -0.341 e. The molecule has 0 unspecified atom stereocenters. The van der Waals surface area contributed by atoms with Crippen molar-refractivity contribution in [3.05, 3.63) is 64.4 Å². The molecular weight excluding hydrogens is 391 g/mol. The van der Waals surface area contributed by atoms with Crippen molar-refractivity contribution in [1.29, 1.82) is 0 Å². The van der Waals surface area contributed by atoms with E-state index in [1.807, 2.05) is 12.1 Å². The summed E-state index contributed by atoms with van der Waals surface area (Å²) >= 11 is 6.02. The first kappa shape index (κ1) is 20.6. The van der Waals surface area contributed by atoms with Gasteiger partial charge in [0.05, 0.1) is 12.0 Å². The number of carbonyl (C=O) groups excluding carboxylic acids is 1. The second-order valence-corrected chi connectivity index (χ2v) is 7.25. The largest absolute Gasteiger partial charge is 0.416 e. The van der Waals surface area contributed by atoms with Gasteiger partial charge in [0.2, 0.25) is 5.91 Å². The summed E-state index contributed by atoms with van der Waals surface area (Å²) in [6.07, 6.45) is -0.276. The SMILES string of the molecule is O=C(Cc1cc(C(F)(F)F)ccc1Cl)N1CCCN(Cc2ccncc2)CC1. The molecule has 0 N–H and O–H groups in total. The molecule has 8 heteroatoms. The van der Waals surface area contributed by atoms with E-state index < -0.39 is 11.7 Å². The van der Waals surface area contributed by atoms with E-state index in [9.17, 15) is 18.0 Å². The Kier molecular flexibility index (Phi) is 6.57. The third-order valence-electron chi connectivity index (χ3n) is 4.81. The van der Waals surface area contributed by atoms with Crippen LogP contribution in [0.2, 0.25) is 5.02 Å². The molecule has 1 fully saturated rings. The van der Waals surface area contributed by atoms with Crippen LogP contribution in [0.4, 0.5) is 13.2 Å². The van der Waals surface area contributed by atoms with Crippen molar-refractivity contribution in [1.82, 2.24) is 14.8 Å². The number of nitrogens with zero attached hydrogens (tertiary/aromatic N) is 3. The van der Waals surface area contributed by atoms with Gasteiger partial charge in [-0.3, -0.25) is 14.7 Å². The highest BCUT2D eigenvalue weighted by Crippen LogP contribution is 2.32. The predicted octanol–water partition coefficient (Wildman–Crippen LogP) is 4.03. The summed E-state index contributed by atoms with van der Waals surface area (Å²) in [7, 11) is 0. The van der Waals surface area contributed by atoms with Gasteiger partial charge in [-0.25, -0.2) is 0 Å². The Labute approximate surface area is 166 Å². The van der Waals surface area contributed by atoms with Gasteiger partial charge >= 0.3 is 6.18 Å². The van der Waals surface area contributed by atoms with Crippen molar-refractivity contribution in [2.24, 2.45) is 0 Å². The summed E-state index contributed by atoms with van der Waals surface area (Å²) < 4.78 is 38.8. The van der Waals surface area contributed by atoms with Crippen LogP contribution in [0, 0.1) is 0 Å². The molecule has 1 saturated heterocycles. The van der Waals surface area contributed by atoms with E-state index in [2.05, 4.69) is 9.88 Å². The Morgan fingerprint density at radius 3 is 2.54 bits per heavy atom. The van der Waals surface area contributed by atoms with Gasteiger partial charge in [0.1, 0.15) is 0 Å². The van der Waals surface area contributed by atoms with E-state index in [-0.39, 0.29) is 22.9 Å². The first-order valence-corrected chi connectivity index (χ1v) is 9.45. The average Bonchev–Trinajstić information content (AvgIpc) is 2.89. The maximum atomic E-state index is 12.9. The average molecular weight is 412 g/mol. The molecule has 2 aromatic rings. The number of alkyl halides is 3. The number of hydrogen-bond donors (Lipinski definition) is 0. The Morgan fingerprint density at radius 2 is 1.82 bits per heavy atom. The van der Waals surface area contributed by atoms with Gasteiger partial charge < -0.3 is 4.90 Å². The quantitative estimate of drug-likeness (QED) is 0.762. The number of aromatic nitrogens is 1. The summed E-state index contributed by atoms with van der Waals surface area (Å²) in [6.45, 7) is 3.48. The number of rotatable bonds is 4. The van der Waals surface area contributed by atoms with E-state index in [1.54, 1.807) is 17.3 Å². The summed E-state index contributed by atoms with van der Waals surface area (Å²) in [6, 6.07) is 7.02. The molecule has 1 aromatic carbocycles. The molecule has 0 aliphatic carbocycles. The molecule has 1 aliphatic rings. The van der Waals surface area contributed by atoms with Crippen molar-refractivity contribution < 1.29 is 18.0 Å². The summed E-state index contributed by atoms with van der Waals surface area (Å²) in [5.74, 6) is -0.202. The first-order chi connectivity index (χ1) is 13.3. The van der Waals surface area contributed by atoms with Crippen LogP contribution in [0.1, 0.15) is 23.1 Å². The number of hydrogen-bond acceptors (Lipinski definition) is 3. The van der Waals surface area contributed by atoms with Crippen molar-refractivity contribution in [3.8, 4) is 0 Å². The van der Waals surface area contributed by atoms with E-state index in [4.69, 9.17) is 11.6 Å². The molecule has 2 heterocycles. The molecule has 0 bridgehead atoms. The summed E-state index contributed by atoms with van der Waals surface area (Å²) in [4.78, 5) is 20.6. The Balaban J connectivity index is 1.61. The van der Waals surface area contributed by atoms with E-state index >= 15 is 0 Å². The van der Waals surface area contributed by atoms with E-state index in [0.717, 1.165) is 37.2 Å². The highest BCUT2D eigenvalue weighted by atomic mass is 35.5. The second-order valence-electron chi connectivity index (χ2n) is 6.85. The highest BCUT2D eigenvalue weighted by molar-refractivity contribution is 6.31. The fourth-order valence-electron chi connectivity index (χ4n) is 3.29. The molecule has 0 saturated carbocycles. The first-order valence-electron chi connectivity index (χ1n) is 9.07. The second kappa shape index (κ2) is 8.92. The number of amides is 1. The zero-order chi connectivity index (χ0) is 20.1. The minimum atomic E-state index is -4.46. The Hall–Kier alpha value is -2.12. The zero-order valence-corrected chi connectivity index (χ0v) is 16.0. The standard InChI is InChI=1S/C20H21ClF3N3O/c21-18-3-2-17(20(22,23)24)12-16(18)13-19(28)27-9-1-8-26(10-11-27)14-15-4-6-25-7-5-15/h2-7,12H,1,8-11,13-14H2. The van der Waals surface area contributed by atoms with Gasteiger partial charge in [0.15, 0.2) is 0 Å². The topological polar surface area (TPSA) is 36.4 Å². The lowest BCUT2D eigenvalue weighted by Gasteiger charge is -2.22. The molecule has 4 nitrogen and oxygen atoms in total. The van der Waals surface area contributed by atoms with Gasteiger partial charge in [-0.1, -0.05) is 11.6 Å². The van der Waals surface area contributed by atoms with Crippen LogP contribution in [0.3, 0.4) is 0 Å². The third kappa shape index (κ3) is 5.45. The zero-order valence-electron chi connectivity index (χ0n) is 15.3. The Bertz CT molecular complexity index is 814. The van der Waals surface area contributed by atoms with Crippen LogP contribution in [0.15, 0.2) is 42.7 Å². The van der Waals surface area contributed by atoms with Crippen molar-refractivity contribution >= 4 is 17.5 Å². The van der Waals surface area contributed by atoms with Gasteiger partial charge in [-0.15, -0.1) is 0 Å². The summed E-state index contributed by atoms with van der Waals surface area (Å²) in [5.41, 5.74) is 0.573. The molecule has 1 aromatic heterocycles. The predicted molar refractivity (Wildman–Crippen MR) is 101 cm³/mol. The smallest absolute Gasteiger partial charge is 0.341 e. The minimum absolute atomic E-state index is 0.132. The number of pyridine rings is 1. The molecule has 28 heavy (non-hydrogen) atoms. The maximum absolute atomic E-state index is 12.9. The molecule has 1 aliphatic heterocycles. The molecule has 0 radical (unpaired) electrons. The lowest BCUT2D eigenvalue weighted by Crippen LogP contribution is -2.36. The van der Waals surface area contributed by atoms with E-state index in [1.165, 1.54) is 6.07 Å². The van der Waals surface area contributed by atoms with Gasteiger partial charge in [0, 0.05) is 50.1 Å². The normalized spacial score (nSPS) is 16.1. The van der Waals surface area contributed by atoms with Gasteiger partial charge in [-0.2, -0.15) is 13.2 Å². The maximum Gasteiger partial charge on any atom is 0.416 e. The molecule has 0 spiro atoms. The number of benzene rings is 1. The molecule has 1 amide bonds. The fourth-order valence-corrected chi connectivity index (χ4v) is 3.47. The van der Waals surface area contributed by atoms with E-state index in [0.29, 0.717) is 19.6 Å². The monoisotopic (exact) mass is 411 g/mol. The van der Waals surface area contributed by atoms with Crippen molar-refractivity contribution in [3.63, 3.8) is 0 Å². The third-order valence-corrected chi connectivity index (χ3v) is 5.18. The van der Waals surface area contributed by atoms with Crippen LogP contribution in [0.5, 0.6) is 0 Å². The molecule has 0 atom stereocenters. The van der Waals surface area contributed by atoms with Crippen LogP contribution in [-0.2, 0) is 23.9 Å². The van der Waals surface area contributed by atoms with Crippen molar-refractivity contribution in [2.75, 3.05) is 26.2 Å². The van der Waals surface area contributed by atoms with Crippen LogP contribution >= 0.6 is 11.6 Å². The van der Waals surface area contributed by atoms with Gasteiger partial charge in [-0.05, 0) is 47.9 Å². The molecule has 3 rings (SSSR count). The lowest BCUT2D eigenvalue weighted by atomic mass is 10.1. The van der Waals surface area contributed by atoms with Crippen LogP contribution in [0.25, 0.3) is 0 Å². The summed E-state index contributed by atoms with van der Waals surface area (Å²) in [5, 5.41) is 0.176. The van der Waals surface area contributed by atoms with Crippen LogP contribution < -0.4 is 0 Å². The number of halogens is 4. The highest BCUT2D eigenvalue weighted by Gasteiger charge is 2.31. The number of carbonyl (C=O) groups is 1. The Morgan fingerprint density at radius 1 is 1.07 bits per heavy atom. The molecule has 150 valence electrons. The molecular formula is C20H21ClF3N3O. The van der Waals surface area contributed by atoms with Gasteiger partial charge in [0.25, 0.3) is 0 Å². The van der Waals surface area contributed by atoms with Crippen molar-refractivity contribution in [2.45, 2.75) is 25.6 Å². The lowest BCUT2D eigenvalue weighted by molar-refractivity contribution is -0.138. The fraction of sp³-hybridized carbons (Fsp3) is 0.400. The van der Waals surface area contributed by atoms with Crippen LogP contribution in [-0.4, -0.2) is 46.9 Å².